The maximum Gasteiger partial charge on any atom is 0.336 e. The van der Waals surface area contributed by atoms with Crippen molar-refractivity contribution < 1.29 is 4.42 Å². The molecule has 0 fully saturated rings. The van der Waals surface area contributed by atoms with Crippen molar-refractivity contribution in [3.8, 4) is 0 Å². The van der Waals surface area contributed by atoms with E-state index in [1.165, 1.54) is 5.56 Å². The number of hydrogen-bond donors (Lipinski definition) is 0. The highest BCUT2D eigenvalue weighted by atomic mass is 32.2. The average Bonchev–Trinajstić information content (AvgIpc) is 3.04. The molecule has 2 aromatic heterocycles. The van der Waals surface area contributed by atoms with Gasteiger partial charge in [-0.2, -0.15) is 0 Å². The average molecular weight is 407 g/mol. The molecule has 0 bridgehead atoms. The van der Waals surface area contributed by atoms with Crippen molar-refractivity contribution in [2.45, 2.75) is 54.5 Å². The molecule has 138 valence electrons. The van der Waals surface area contributed by atoms with Gasteiger partial charge in [0.2, 0.25) is 0 Å². The summed E-state index contributed by atoms with van der Waals surface area (Å²) in [6, 6.07) is 5.74. The van der Waals surface area contributed by atoms with E-state index in [4.69, 9.17) is 4.42 Å². The van der Waals surface area contributed by atoms with Gasteiger partial charge in [-0.15, -0.1) is 10.2 Å². The van der Waals surface area contributed by atoms with E-state index >= 15 is 0 Å². The Morgan fingerprint density at radius 1 is 1.15 bits per heavy atom. The third kappa shape index (κ3) is 4.50. The summed E-state index contributed by atoms with van der Waals surface area (Å²) in [5.74, 6) is 2.16. The molecule has 26 heavy (non-hydrogen) atoms. The summed E-state index contributed by atoms with van der Waals surface area (Å²) in [5.41, 5.74) is 3.78. The predicted octanol–water partition coefficient (Wildman–Crippen LogP) is 5.87. The number of aryl methyl sites for hydroxylation is 1. The Morgan fingerprint density at radius 2 is 1.88 bits per heavy atom. The highest BCUT2D eigenvalue weighted by molar-refractivity contribution is 8.02. The molecule has 0 amide bonds. The molecule has 3 rings (SSSR count). The fraction of sp³-hybridized carbons (Fsp3) is 0.421. The minimum Gasteiger partial charge on any atom is -0.423 e. The van der Waals surface area contributed by atoms with E-state index < -0.39 is 0 Å². The zero-order valence-corrected chi connectivity index (χ0v) is 17.8. The lowest BCUT2D eigenvalue weighted by atomic mass is 9.95. The van der Waals surface area contributed by atoms with Gasteiger partial charge in [0.25, 0.3) is 0 Å². The van der Waals surface area contributed by atoms with Crippen molar-refractivity contribution in [1.82, 2.24) is 10.2 Å². The van der Waals surface area contributed by atoms with Gasteiger partial charge in [0.15, 0.2) is 8.68 Å². The number of aromatic nitrogens is 2. The third-order valence-electron chi connectivity index (χ3n) is 4.01. The zero-order valence-electron chi connectivity index (χ0n) is 15.4. The molecule has 0 N–H and O–H groups in total. The topological polar surface area (TPSA) is 56.0 Å². The Balaban J connectivity index is 1.88. The monoisotopic (exact) mass is 406 g/mol. The number of hydrogen-bond acceptors (Lipinski definition) is 7. The summed E-state index contributed by atoms with van der Waals surface area (Å²) < 4.78 is 7.36. The van der Waals surface area contributed by atoms with E-state index in [9.17, 15) is 4.79 Å². The van der Waals surface area contributed by atoms with Crippen LogP contribution in [0.3, 0.4) is 0 Å². The van der Waals surface area contributed by atoms with Crippen LogP contribution in [0, 0.1) is 6.92 Å². The van der Waals surface area contributed by atoms with E-state index in [0.717, 1.165) is 37.4 Å². The van der Waals surface area contributed by atoms with Gasteiger partial charge in [-0.3, -0.25) is 0 Å². The van der Waals surface area contributed by atoms with Crippen molar-refractivity contribution in [3.63, 3.8) is 0 Å². The summed E-state index contributed by atoms with van der Waals surface area (Å²) in [6.45, 7) is 8.58. The molecule has 2 heterocycles. The molecule has 7 heteroatoms. The van der Waals surface area contributed by atoms with Crippen molar-refractivity contribution in [1.29, 1.82) is 0 Å². The maximum absolute atomic E-state index is 12.0. The lowest BCUT2D eigenvalue weighted by Crippen LogP contribution is -2.02. The van der Waals surface area contributed by atoms with Crippen LogP contribution < -0.4 is 5.63 Å². The molecule has 0 spiro atoms. The molecular formula is C19H22N2O2S3. The number of benzene rings is 1. The number of rotatable bonds is 7. The van der Waals surface area contributed by atoms with Crippen molar-refractivity contribution in [2.24, 2.45) is 0 Å². The minimum absolute atomic E-state index is 0.304. The molecule has 0 aliphatic carbocycles. The highest BCUT2D eigenvalue weighted by Crippen LogP contribution is 2.33. The molecule has 0 aliphatic rings. The van der Waals surface area contributed by atoms with E-state index in [-0.39, 0.29) is 5.63 Å². The normalized spacial score (nSPS) is 11.6. The Kier molecular flexibility index (Phi) is 6.42. The lowest BCUT2D eigenvalue weighted by molar-refractivity contribution is 0.559. The van der Waals surface area contributed by atoms with Crippen LogP contribution in [0.1, 0.15) is 49.8 Å². The Hall–Kier alpha value is -1.31. The number of thioether (sulfide) groups is 2. The van der Waals surface area contributed by atoms with Crippen molar-refractivity contribution in [3.05, 3.63) is 45.3 Å². The van der Waals surface area contributed by atoms with Gasteiger partial charge in [-0.05, 0) is 48.1 Å². The van der Waals surface area contributed by atoms with Gasteiger partial charge in [0, 0.05) is 23.0 Å². The Bertz CT molecular complexity index is 963. The fourth-order valence-electron chi connectivity index (χ4n) is 2.78. The maximum atomic E-state index is 12.0. The highest BCUT2D eigenvalue weighted by Gasteiger charge is 2.13. The first-order valence-corrected chi connectivity index (χ1v) is 11.4. The second-order valence-corrected chi connectivity index (χ2v) is 9.96. The molecule has 0 aliphatic heterocycles. The van der Waals surface area contributed by atoms with E-state index in [0.29, 0.717) is 17.3 Å². The molecule has 0 radical (unpaired) electrons. The summed E-state index contributed by atoms with van der Waals surface area (Å²) in [5, 5.41) is 9.49. The smallest absolute Gasteiger partial charge is 0.336 e. The molecule has 3 aromatic rings. The van der Waals surface area contributed by atoms with Crippen LogP contribution in [0.5, 0.6) is 0 Å². The van der Waals surface area contributed by atoms with Gasteiger partial charge < -0.3 is 4.42 Å². The van der Waals surface area contributed by atoms with Gasteiger partial charge in [-0.1, -0.05) is 55.6 Å². The van der Waals surface area contributed by atoms with Crippen LogP contribution >= 0.6 is 34.9 Å². The summed E-state index contributed by atoms with van der Waals surface area (Å²) in [6.07, 6.45) is 1.12. The van der Waals surface area contributed by atoms with Crippen LogP contribution in [0.15, 0.2) is 36.1 Å². The van der Waals surface area contributed by atoms with Crippen LogP contribution in [-0.4, -0.2) is 16.0 Å². The molecule has 0 saturated heterocycles. The first-order valence-electron chi connectivity index (χ1n) is 8.64. The van der Waals surface area contributed by atoms with Crippen LogP contribution in [0.2, 0.25) is 0 Å². The van der Waals surface area contributed by atoms with Gasteiger partial charge in [-0.25, -0.2) is 4.79 Å². The van der Waals surface area contributed by atoms with Crippen LogP contribution in [-0.2, 0) is 5.75 Å². The molecule has 0 unspecified atom stereocenters. The van der Waals surface area contributed by atoms with Crippen LogP contribution in [0.4, 0.5) is 0 Å². The molecular weight excluding hydrogens is 384 g/mol. The summed E-state index contributed by atoms with van der Waals surface area (Å²) >= 11 is 4.98. The first-order chi connectivity index (χ1) is 12.5. The van der Waals surface area contributed by atoms with E-state index in [2.05, 4.69) is 44.0 Å². The zero-order chi connectivity index (χ0) is 18.7. The molecule has 1 aromatic carbocycles. The van der Waals surface area contributed by atoms with Gasteiger partial charge >= 0.3 is 5.63 Å². The summed E-state index contributed by atoms with van der Waals surface area (Å²) in [4.78, 5) is 12.0. The SMILES string of the molecule is CCCSc1nnc(SCc2cc(=O)oc3cc(C)c(C(C)C)cc23)s1. The molecule has 0 saturated carbocycles. The standard InChI is InChI=1S/C19H22N2O2S3/c1-5-6-24-18-20-21-19(26-18)25-10-13-8-17(22)23-16-7-12(4)14(11(2)3)9-15(13)16/h7-9,11H,5-6,10H2,1-4H3. The van der Waals surface area contributed by atoms with E-state index in [1.807, 2.05) is 6.07 Å². The third-order valence-corrected chi connectivity index (χ3v) is 7.45. The van der Waals surface area contributed by atoms with Crippen molar-refractivity contribution in [2.75, 3.05) is 5.75 Å². The lowest BCUT2D eigenvalue weighted by Gasteiger charge is -2.12. The second-order valence-electron chi connectivity index (χ2n) is 6.42. The largest absolute Gasteiger partial charge is 0.423 e. The number of fused-ring (bicyclic) bond motifs is 1. The van der Waals surface area contributed by atoms with Gasteiger partial charge in [0.1, 0.15) is 5.58 Å². The molecule has 4 nitrogen and oxygen atoms in total. The fourth-order valence-corrected chi connectivity index (χ4v) is 5.71. The van der Waals surface area contributed by atoms with E-state index in [1.54, 1.807) is 40.9 Å². The van der Waals surface area contributed by atoms with Crippen molar-refractivity contribution >= 4 is 45.8 Å². The number of nitrogens with zero attached hydrogens (tertiary/aromatic N) is 2. The first kappa shape index (κ1) is 19.5. The predicted molar refractivity (Wildman–Crippen MR) is 112 cm³/mol. The second kappa shape index (κ2) is 8.59. The quantitative estimate of drug-likeness (QED) is 0.361. The Morgan fingerprint density at radius 3 is 2.58 bits per heavy atom. The Labute approximate surface area is 165 Å². The van der Waals surface area contributed by atoms with Crippen LogP contribution in [0.25, 0.3) is 11.0 Å². The minimum atomic E-state index is -0.304. The molecule has 0 atom stereocenters. The summed E-state index contributed by atoms with van der Waals surface area (Å²) in [7, 11) is 0. The van der Waals surface area contributed by atoms with Gasteiger partial charge in [0.05, 0.1) is 0 Å².